The number of hydrogen-bond acceptors (Lipinski definition) is 4. The molecule has 32 heavy (non-hydrogen) atoms. The van der Waals surface area contributed by atoms with Crippen molar-refractivity contribution in [2.75, 3.05) is 6.54 Å². The van der Waals surface area contributed by atoms with Crippen LogP contribution in [0.5, 0.6) is 11.5 Å². The minimum atomic E-state index is -0.346. The number of carbonyl (C=O) groups is 1. The highest BCUT2D eigenvalue weighted by Gasteiger charge is 2.13. The Balaban J connectivity index is 1.43. The number of nitrogens with zero attached hydrogens (tertiary/aromatic N) is 2. The highest BCUT2D eigenvalue weighted by atomic mass is 19.1. The van der Waals surface area contributed by atoms with Crippen LogP contribution in [0.2, 0.25) is 0 Å². The van der Waals surface area contributed by atoms with Gasteiger partial charge in [-0.3, -0.25) is 9.59 Å². The number of rotatable bonds is 7. The summed E-state index contributed by atoms with van der Waals surface area (Å²) in [6.45, 7) is 0.375. The van der Waals surface area contributed by atoms with Gasteiger partial charge in [-0.15, -0.1) is 0 Å². The van der Waals surface area contributed by atoms with E-state index in [9.17, 15) is 14.0 Å². The summed E-state index contributed by atoms with van der Waals surface area (Å²) >= 11 is 0. The maximum Gasteiger partial charge on any atom is 0.266 e. The molecular weight excluding hydrogens is 409 g/mol. The molecule has 0 aliphatic heterocycles. The molecule has 0 spiro atoms. The van der Waals surface area contributed by atoms with Crippen LogP contribution in [0, 0.1) is 5.82 Å². The molecular formula is C25H20FN3O3. The molecule has 1 aromatic heterocycles. The van der Waals surface area contributed by atoms with Gasteiger partial charge in [0.25, 0.3) is 11.5 Å². The number of aromatic nitrogens is 2. The molecule has 0 aliphatic carbocycles. The van der Waals surface area contributed by atoms with Crippen LogP contribution in [0.25, 0.3) is 11.3 Å². The van der Waals surface area contributed by atoms with E-state index in [0.717, 1.165) is 0 Å². The van der Waals surface area contributed by atoms with Crippen LogP contribution in [-0.2, 0) is 6.54 Å². The van der Waals surface area contributed by atoms with Crippen molar-refractivity contribution in [2.45, 2.75) is 6.54 Å². The van der Waals surface area contributed by atoms with Gasteiger partial charge in [0, 0.05) is 18.2 Å². The number of ether oxygens (including phenoxy) is 1. The number of amides is 1. The second kappa shape index (κ2) is 9.70. The molecule has 1 N–H and O–H groups in total. The fourth-order valence-electron chi connectivity index (χ4n) is 3.11. The molecule has 0 atom stereocenters. The van der Waals surface area contributed by atoms with E-state index in [2.05, 4.69) is 10.4 Å². The minimum absolute atomic E-state index is 0.182. The largest absolute Gasteiger partial charge is 0.457 e. The second-order valence-corrected chi connectivity index (χ2v) is 6.95. The van der Waals surface area contributed by atoms with Gasteiger partial charge in [0.2, 0.25) is 0 Å². The molecule has 6 nitrogen and oxygen atoms in total. The molecule has 0 aliphatic rings. The Morgan fingerprint density at radius 1 is 0.906 bits per heavy atom. The van der Waals surface area contributed by atoms with Gasteiger partial charge in [-0.1, -0.05) is 30.3 Å². The van der Waals surface area contributed by atoms with Crippen molar-refractivity contribution < 1.29 is 13.9 Å². The van der Waals surface area contributed by atoms with Gasteiger partial charge in [0.05, 0.1) is 17.8 Å². The van der Waals surface area contributed by atoms with Crippen molar-refractivity contribution in [2.24, 2.45) is 0 Å². The Hall–Kier alpha value is -4.26. The minimum Gasteiger partial charge on any atom is -0.457 e. The monoisotopic (exact) mass is 429 g/mol. The van der Waals surface area contributed by atoms with E-state index in [0.29, 0.717) is 28.3 Å². The maximum atomic E-state index is 13.2. The van der Waals surface area contributed by atoms with E-state index in [1.54, 1.807) is 54.6 Å². The van der Waals surface area contributed by atoms with E-state index < -0.39 is 0 Å². The number of hydrogen-bond donors (Lipinski definition) is 1. The summed E-state index contributed by atoms with van der Waals surface area (Å²) in [4.78, 5) is 24.9. The first-order valence-corrected chi connectivity index (χ1v) is 10.0. The lowest BCUT2D eigenvalue weighted by molar-refractivity contribution is 0.0949. The third kappa shape index (κ3) is 5.07. The van der Waals surface area contributed by atoms with Gasteiger partial charge >= 0.3 is 0 Å². The molecule has 0 bridgehead atoms. The molecule has 0 saturated heterocycles. The average molecular weight is 429 g/mol. The predicted molar refractivity (Wildman–Crippen MR) is 119 cm³/mol. The van der Waals surface area contributed by atoms with Gasteiger partial charge in [0.15, 0.2) is 0 Å². The first kappa shape index (κ1) is 21.0. The number of halogens is 1. The Bertz CT molecular complexity index is 1270. The summed E-state index contributed by atoms with van der Waals surface area (Å²) in [5, 5.41) is 7.12. The molecule has 7 heteroatoms. The van der Waals surface area contributed by atoms with Gasteiger partial charge in [-0.25, -0.2) is 9.07 Å². The normalized spacial score (nSPS) is 10.5. The van der Waals surface area contributed by atoms with Crippen LogP contribution in [0.3, 0.4) is 0 Å². The molecule has 0 saturated carbocycles. The zero-order valence-electron chi connectivity index (χ0n) is 17.1. The lowest BCUT2D eigenvalue weighted by Crippen LogP contribution is -2.32. The molecule has 4 aromatic rings. The summed E-state index contributed by atoms with van der Waals surface area (Å²) in [7, 11) is 0. The summed E-state index contributed by atoms with van der Waals surface area (Å²) in [5.74, 6) is 0.395. The summed E-state index contributed by atoms with van der Waals surface area (Å²) in [5.41, 5.74) is 1.32. The molecule has 160 valence electrons. The third-order valence-electron chi connectivity index (χ3n) is 4.72. The van der Waals surface area contributed by atoms with Crippen LogP contribution in [0.4, 0.5) is 4.39 Å². The van der Waals surface area contributed by atoms with Crippen molar-refractivity contribution in [3.05, 3.63) is 113 Å². The number of benzene rings is 3. The van der Waals surface area contributed by atoms with E-state index in [1.807, 2.05) is 18.2 Å². The van der Waals surface area contributed by atoms with Crippen molar-refractivity contribution in [3.8, 4) is 22.8 Å². The molecule has 0 radical (unpaired) electrons. The maximum absolute atomic E-state index is 13.2. The van der Waals surface area contributed by atoms with Crippen LogP contribution in [0.15, 0.2) is 95.8 Å². The topological polar surface area (TPSA) is 73.2 Å². The molecule has 3 aromatic carbocycles. The Morgan fingerprint density at radius 3 is 2.41 bits per heavy atom. The molecule has 4 rings (SSSR count). The predicted octanol–water partition coefficient (Wildman–Crippen LogP) is 4.27. The van der Waals surface area contributed by atoms with E-state index >= 15 is 0 Å². The molecule has 0 fully saturated rings. The second-order valence-electron chi connectivity index (χ2n) is 6.95. The van der Waals surface area contributed by atoms with E-state index in [-0.39, 0.29) is 30.4 Å². The Kier molecular flexibility index (Phi) is 6.36. The third-order valence-corrected chi connectivity index (χ3v) is 4.72. The molecule has 0 unspecified atom stereocenters. The van der Waals surface area contributed by atoms with Gasteiger partial charge in [0.1, 0.15) is 17.3 Å². The summed E-state index contributed by atoms with van der Waals surface area (Å²) in [6.07, 6.45) is 0. The fourth-order valence-corrected chi connectivity index (χ4v) is 3.11. The standard InChI is InChI=1S/C25H20FN3O3/c26-19-12-10-18(11-13-19)22-14-15-24(30)29(28-22)17-16-27-25(31)21-8-4-5-9-23(21)32-20-6-2-1-3-7-20/h1-15H,16-17H2,(H,27,31). The summed E-state index contributed by atoms with van der Waals surface area (Å²) in [6, 6.07) is 25.0. The average Bonchev–Trinajstić information content (AvgIpc) is 2.82. The fraction of sp³-hybridized carbons (Fsp3) is 0.0800. The van der Waals surface area contributed by atoms with E-state index in [1.165, 1.54) is 22.9 Å². The smallest absolute Gasteiger partial charge is 0.266 e. The number of para-hydroxylation sites is 2. The van der Waals surface area contributed by atoms with Crippen LogP contribution >= 0.6 is 0 Å². The quantitative estimate of drug-likeness (QED) is 0.476. The summed E-state index contributed by atoms with van der Waals surface area (Å²) < 4.78 is 20.3. The number of nitrogens with one attached hydrogen (secondary N) is 1. The lowest BCUT2D eigenvalue weighted by atomic mass is 10.1. The highest BCUT2D eigenvalue weighted by Crippen LogP contribution is 2.24. The zero-order chi connectivity index (χ0) is 22.3. The zero-order valence-corrected chi connectivity index (χ0v) is 17.1. The lowest BCUT2D eigenvalue weighted by Gasteiger charge is -2.12. The Labute approximate surface area is 183 Å². The van der Waals surface area contributed by atoms with Crippen LogP contribution in [-0.4, -0.2) is 22.2 Å². The van der Waals surface area contributed by atoms with Gasteiger partial charge in [-0.2, -0.15) is 5.10 Å². The van der Waals surface area contributed by atoms with Crippen molar-refractivity contribution in [3.63, 3.8) is 0 Å². The van der Waals surface area contributed by atoms with Crippen LogP contribution in [0.1, 0.15) is 10.4 Å². The van der Waals surface area contributed by atoms with E-state index in [4.69, 9.17) is 4.74 Å². The van der Waals surface area contributed by atoms with Gasteiger partial charge < -0.3 is 10.1 Å². The number of carbonyl (C=O) groups excluding carboxylic acids is 1. The van der Waals surface area contributed by atoms with Crippen molar-refractivity contribution >= 4 is 5.91 Å². The van der Waals surface area contributed by atoms with Gasteiger partial charge in [-0.05, 0) is 54.6 Å². The van der Waals surface area contributed by atoms with Crippen molar-refractivity contribution in [1.82, 2.24) is 15.1 Å². The molecule has 1 amide bonds. The Morgan fingerprint density at radius 2 is 1.62 bits per heavy atom. The van der Waals surface area contributed by atoms with Crippen molar-refractivity contribution in [1.29, 1.82) is 0 Å². The van der Waals surface area contributed by atoms with Crippen LogP contribution < -0.4 is 15.6 Å². The highest BCUT2D eigenvalue weighted by molar-refractivity contribution is 5.97. The first-order valence-electron chi connectivity index (χ1n) is 10.0. The first-order chi connectivity index (χ1) is 15.6. The SMILES string of the molecule is O=C(NCCn1nc(-c2ccc(F)cc2)ccc1=O)c1ccccc1Oc1ccccc1. The molecule has 1 heterocycles.